The Morgan fingerprint density at radius 2 is 2.05 bits per heavy atom. The third kappa shape index (κ3) is 2.62. The number of rotatable bonds is 3. The van der Waals surface area contributed by atoms with Crippen molar-refractivity contribution >= 4 is 21.7 Å². The van der Waals surface area contributed by atoms with E-state index in [1.807, 2.05) is 0 Å². The fourth-order valence-electron chi connectivity index (χ4n) is 2.22. The second-order valence-electron chi connectivity index (χ2n) is 4.80. The minimum Gasteiger partial charge on any atom is -0.363 e. The van der Waals surface area contributed by atoms with Crippen LogP contribution in [0.2, 0.25) is 0 Å². The molecule has 1 aromatic carbocycles. The molecule has 0 fully saturated rings. The minimum atomic E-state index is -3.72. The summed E-state index contributed by atoms with van der Waals surface area (Å²) >= 11 is 0. The molecule has 0 aliphatic carbocycles. The van der Waals surface area contributed by atoms with E-state index in [-0.39, 0.29) is 16.6 Å². The molecule has 2 heterocycles. The third-order valence-electron chi connectivity index (χ3n) is 3.33. The van der Waals surface area contributed by atoms with Gasteiger partial charge in [-0.1, -0.05) is 11.2 Å². The van der Waals surface area contributed by atoms with Crippen LogP contribution >= 0.6 is 0 Å². The van der Waals surface area contributed by atoms with E-state index in [1.54, 1.807) is 17.0 Å². The van der Waals surface area contributed by atoms with Gasteiger partial charge in [0.25, 0.3) is 10.0 Å². The van der Waals surface area contributed by atoms with Crippen molar-refractivity contribution in [2.45, 2.75) is 24.9 Å². The lowest BCUT2D eigenvalue weighted by Crippen LogP contribution is -2.21. The summed E-state index contributed by atoms with van der Waals surface area (Å²) < 4.78 is 31.4. The van der Waals surface area contributed by atoms with E-state index in [0.29, 0.717) is 13.1 Å². The largest absolute Gasteiger partial charge is 0.363 e. The Balaban J connectivity index is 1.88. The Morgan fingerprint density at radius 1 is 1.29 bits per heavy atom. The van der Waals surface area contributed by atoms with Crippen molar-refractivity contribution in [1.82, 2.24) is 10.1 Å². The second-order valence-corrected chi connectivity index (χ2v) is 6.48. The number of benzene rings is 1. The van der Waals surface area contributed by atoms with Crippen LogP contribution in [0, 0.1) is 0 Å². The molecule has 0 saturated heterocycles. The number of hydrogen-bond donors (Lipinski definition) is 1. The SMILES string of the molecule is CC(=O)N1Cc2ccc(S(=O)(=O)Nc3ccon3)cc2C1. The lowest BCUT2D eigenvalue weighted by Gasteiger charge is -2.11. The van der Waals surface area contributed by atoms with Crippen LogP contribution < -0.4 is 4.72 Å². The highest BCUT2D eigenvalue weighted by atomic mass is 32.2. The van der Waals surface area contributed by atoms with E-state index in [1.165, 1.54) is 25.3 Å². The van der Waals surface area contributed by atoms with Crippen molar-refractivity contribution in [2.75, 3.05) is 4.72 Å². The minimum absolute atomic E-state index is 0.0312. The van der Waals surface area contributed by atoms with Gasteiger partial charge < -0.3 is 9.42 Å². The highest BCUT2D eigenvalue weighted by Crippen LogP contribution is 2.26. The Morgan fingerprint density at radius 3 is 2.71 bits per heavy atom. The highest BCUT2D eigenvalue weighted by molar-refractivity contribution is 7.92. The second kappa shape index (κ2) is 4.88. The number of aromatic nitrogens is 1. The van der Waals surface area contributed by atoms with Gasteiger partial charge >= 0.3 is 0 Å². The summed E-state index contributed by atoms with van der Waals surface area (Å²) in [6, 6.07) is 6.25. The Hall–Kier alpha value is -2.35. The van der Waals surface area contributed by atoms with Crippen molar-refractivity contribution in [3.8, 4) is 0 Å². The van der Waals surface area contributed by atoms with E-state index in [9.17, 15) is 13.2 Å². The fourth-order valence-corrected chi connectivity index (χ4v) is 3.27. The Kier molecular flexibility index (Phi) is 3.17. The first-order valence-electron chi connectivity index (χ1n) is 6.26. The zero-order valence-corrected chi connectivity index (χ0v) is 12.1. The Bertz CT molecular complexity index is 784. The molecule has 0 radical (unpaired) electrons. The number of carbonyl (C=O) groups is 1. The van der Waals surface area contributed by atoms with Crippen molar-refractivity contribution in [1.29, 1.82) is 0 Å². The molecule has 3 rings (SSSR count). The molecule has 110 valence electrons. The molecule has 2 aromatic rings. The highest BCUT2D eigenvalue weighted by Gasteiger charge is 2.24. The molecule has 1 aliphatic rings. The molecule has 0 bridgehead atoms. The monoisotopic (exact) mass is 307 g/mol. The molecule has 8 heteroatoms. The number of nitrogens with one attached hydrogen (secondary N) is 1. The molecule has 1 amide bonds. The maximum absolute atomic E-state index is 12.2. The van der Waals surface area contributed by atoms with Crippen molar-refractivity contribution in [3.63, 3.8) is 0 Å². The first-order chi connectivity index (χ1) is 9.95. The van der Waals surface area contributed by atoms with E-state index >= 15 is 0 Å². The number of carbonyl (C=O) groups excluding carboxylic acids is 1. The van der Waals surface area contributed by atoms with Crippen LogP contribution in [0.3, 0.4) is 0 Å². The summed E-state index contributed by atoms with van der Waals surface area (Å²) in [5.74, 6) is 0.0946. The van der Waals surface area contributed by atoms with Crippen LogP contribution in [0.4, 0.5) is 5.82 Å². The number of anilines is 1. The van der Waals surface area contributed by atoms with E-state index < -0.39 is 10.0 Å². The van der Waals surface area contributed by atoms with Crippen LogP contribution in [0.15, 0.2) is 39.9 Å². The molecular weight excluding hydrogens is 294 g/mol. The zero-order chi connectivity index (χ0) is 15.0. The molecule has 0 spiro atoms. The van der Waals surface area contributed by atoms with E-state index in [0.717, 1.165) is 11.1 Å². The molecule has 1 aromatic heterocycles. The van der Waals surface area contributed by atoms with Gasteiger partial charge in [0.15, 0.2) is 5.82 Å². The quantitative estimate of drug-likeness (QED) is 0.923. The van der Waals surface area contributed by atoms with Crippen molar-refractivity contribution < 1.29 is 17.7 Å². The van der Waals surface area contributed by atoms with Gasteiger partial charge in [-0.05, 0) is 23.3 Å². The van der Waals surface area contributed by atoms with Gasteiger partial charge in [-0.3, -0.25) is 9.52 Å². The number of hydrogen-bond acceptors (Lipinski definition) is 5. The van der Waals surface area contributed by atoms with Gasteiger partial charge in [-0.2, -0.15) is 0 Å². The maximum Gasteiger partial charge on any atom is 0.263 e. The average molecular weight is 307 g/mol. The normalized spacial score (nSPS) is 14.0. The van der Waals surface area contributed by atoms with E-state index in [2.05, 4.69) is 14.4 Å². The lowest BCUT2D eigenvalue weighted by molar-refractivity contribution is -0.129. The van der Waals surface area contributed by atoms with Crippen LogP contribution in [-0.2, 0) is 27.9 Å². The Labute approximate surface area is 121 Å². The predicted octanol–water partition coefficient (Wildman–Crippen LogP) is 1.34. The number of sulfonamides is 1. The van der Waals surface area contributed by atoms with Crippen LogP contribution in [0.5, 0.6) is 0 Å². The molecule has 0 saturated carbocycles. The van der Waals surface area contributed by atoms with Gasteiger partial charge in [0, 0.05) is 26.1 Å². The van der Waals surface area contributed by atoms with Gasteiger partial charge in [0.2, 0.25) is 5.91 Å². The standard InChI is InChI=1S/C13H13N3O4S/c1-9(17)16-7-10-2-3-12(6-11(10)8-16)21(18,19)15-13-4-5-20-14-13/h2-6H,7-8H2,1H3,(H,14,15). The third-order valence-corrected chi connectivity index (χ3v) is 4.68. The van der Waals surface area contributed by atoms with Gasteiger partial charge in [0.1, 0.15) is 6.26 Å². The first kappa shape index (κ1) is 13.6. The van der Waals surface area contributed by atoms with Gasteiger partial charge in [-0.15, -0.1) is 0 Å². The molecule has 1 aliphatic heterocycles. The van der Waals surface area contributed by atoms with Crippen molar-refractivity contribution in [3.05, 3.63) is 41.7 Å². The maximum atomic E-state index is 12.2. The summed E-state index contributed by atoms with van der Waals surface area (Å²) in [4.78, 5) is 13.2. The molecule has 1 N–H and O–H groups in total. The topological polar surface area (TPSA) is 92.5 Å². The predicted molar refractivity (Wildman–Crippen MR) is 73.7 cm³/mol. The summed E-state index contributed by atoms with van der Waals surface area (Å²) in [5.41, 5.74) is 1.80. The van der Waals surface area contributed by atoms with Crippen LogP contribution in [0.25, 0.3) is 0 Å². The summed E-state index contributed by atoms with van der Waals surface area (Å²) in [6.45, 7) is 2.44. The molecule has 7 nitrogen and oxygen atoms in total. The fraction of sp³-hybridized carbons (Fsp3) is 0.231. The molecule has 0 atom stereocenters. The summed E-state index contributed by atoms with van der Waals surface area (Å²) in [5, 5.41) is 3.52. The smallest absolute Gasteiger partial charge is 0.263 e. The summed E-state index contributed by atoms with van der Waals surface area (Å²) in [6.07, 6.45) is 1.28. The van der Waals surface area contributed by atoms with Crippen LogP contribution in [0.1, 0.15) is 18.1 Å². The lowest BCUT2D eigenvalue weighted by atomic mass is 10.1. The molecule has 21 heavy (non-hydrogen) atoms. The first-order valence-corrected chi connectivity index (χ1v) is 7.74. The number of amides is 1. The molecule has 0 unspecified atom stereocenters. The number of nitrogens with zero attached hydrogens (tertiary/aromatic N) is 2. The van der Waals surface area contributed by atoms with E-state index in [4.69, 9.17) is 0 Å². The van der Waals surface area contributed by atoms with Crippen molar-refractivity contribution in [2.24, 2.45) is 0 Å². The van der Waals surface area contributed by atoms with Gasteiger partial charge in [0.05, 0.1) is 4.90 Å². The average Bonchev–Trinajstić information content (AvgIpc) is 3.05. The summed E-state index contributed by atoms with van der Waals surface area (Å²) in [7, 11) is -3.72. The van der Waals surface area contributed by atoms with Gasteiger partial charge in [-0.25, -0.2) is 8.42 Å². The number of fused-ring (bicyclic) bond motifs is 1. The molecular formula is C13H13N3O4S. The zero-order valence-electron chi connectivity index (χ0n) is 11.2. The van der Waals surface area contributed by atoms with Crippen LogP contribution in [-0.4, -0.2) is 24.4 Å².